The van der Waals surface area contributed by atoms with Crippen molar-refractivity contribution < 1.29 is 8.42 Å². The number of hydrogen-bond acceptors (Lipinski definition) is 5. The van der Waals surface area contributed by atoms with Gasteiger partial charge < -0.3 is 5.73 Å². The van der Waals surface area contributed by atoms with E-state index >= 15 is 0 Å². The molecule has 1 saturated heterocycles. The molecule has 0 radical (unpaired) electrons. The highest BCUT2D eigenvalue weighted by molar-refractivity contribution is 8.01. The van der Waals surface area contributed by atoms with E-state index in [1.807, 2.05) is 11.8 Å². The fourth-order valence-corrected chi connectivity index (χ4v) is 5.36. The summed E-state index contributed by atoms with van der Waals surface area (Å²) in [7, 11) is -3.07. The van der Waals surface area contributed by atoms with Gasteiger partial charge in [0.15, 0.2) is 9.84 Å². The van der Waals surface area contributed by atoms with E-state index in [0.29, 0.717) is 12.2 Å². The van der Waals surface area contributed by atoms with Gasteiger partial charge in [-0.3, -0.25) is 10.3 Å². The third kappa shape index (κ3) is 3.86. The topological polar surface area (TPSA) is 87.2 Å². The molecule has 7 heteroatoms. The number of hydrogen-bond donors (Lipinski definition) is 2. The van der Waals surface area contributed by atoms with Gasteiger partial charge in [-0.05, 0) is 6.42 Å². The molecule has 1 aliphatic heterocycles. The Bertz CT molecular complexity index is 384. The fourth-order valence-electron chi connectivity index (χ4n) is 2.26. The maximum absolute atomic E-state index is 12.1. The maximum atomic E-state index is 12.1. The lowest BCUT2D eigenvalue weighted by molar-refractivity contribution is 0.190. The second kappa shape index (κ2) is 6.77. The minimum atomic E-state index is -3.07. The number of sulfone groups is 1. The Labute approximate surface area is 114 Å². The van der Waals surface area contributed by atoms with Crippen LogP contribution in [0.25, 0.3) is 0 Å². The largest absolute Gasteiger partial charge is 0.388 e. The first-order chi connectivity index (χ1) is 8.42. The molecule has 0 aromatic carbocycles. The van der Waals surface area contributed by atoms with Gasteiger partial charge in [0.05, 0.1) is 5.84 Å². The lowest BCUT2D eigenvalue weighted by Crippen LogP contribution is -2.53. The Morgan fingerprint density at radius 2 is 2.22 bits per heavy atom. The Morgan fingerprint density at radius 3 is 2.72 bits per heavy atom. The number of amidine groups is 1. The number of rotatable bonds is 6. The van der Waals surface area contributed by atoms with Crippen LogP contribution >= 0.6 is 11.8 Å². The van der Waals surface area contributed by atoms with Crippen LogP contribution in [0.3, 0.4) is 0 Å². The van der Waals surface area contributed by atoms with E-state index < -0.39 is 15.2 Å². The molecule has 1 rings (SSSR count). The summed E-state index contributed by atoms with van der Waals surface area (Å²) >= 11 is 1.69. The highest BCUT2D eigenvalue weighted by Gasteiger charge is 2.36. The number of nitrogens with two attached hydrogens (primary N) is 1. The molecule has 0 amide bonds. The van der Waals surface area contributed by atoms with Crippen LogP contribution in [0, 0.1) is 5.41 Å². The predicted molar refractivity (Wildman–Crippen MR) is 77.9 cm³/mol. The van der Waals surface area contributed by atoms with E-state index in [0.717, 1.165) is 18.7 Å². The first kappa shape index (κ1) is 15.8. The molecule has 2 atom stereocenters. The van der Waals surface area contributed by atoms with Crippen molar-refractivity contribution in [1.29, 1.82) is 5.41 Å². The predicted octanol–water partition coefficient (Wildman–Crippen LogP) is 0.901. The first-order valence-electron chi connectivity index (χ1n) is 6.30. The molecular weight excluding hydrogens is 270 g/mol. The van der Waals surface area contributed by atoms with Crippen LogP contribution in [0.15, 0.2) is 0 Å². The Kier molecular flexibility index (Phi) is 5.94. The maximum Gasteiger partial charge on any atom is 0.166 e. The van der Waals surface area contributed by atoms with Crippen molar-refractivity contribution in [3.05, 3.63) is 0 Å². The highest BCUT2D eigenvalue weighted by Crippen LogP contribution is 2.25. The van der Waals surface area contributed by atoms with Gasteiger partial charge in [0.2, 0.25) is 0 Å². The van der Waals surface area contributed by atoms with Crippen LogP contribution in [-0.4, -0.2) is 54.4 Å². The van der Waals surface area contributed by atoms with Crippen molar-refractivity contribution in [3.8, 4) is 0 Å². The lowest BCUT2D eigenvalue weighted by atomic mass is 10.1. The molecule has 0 spiro atoms. The Morgan fingerprint density at radius 1 is 1.56 bits per heavy atom. The molecule has 0 saturated carbocycles. The zero-order chi connectivity index (χ0) is 13.8. The Hall–Kier alpha value is -0.270. The molecule has 0 aliphatic carbocycles. The minimum Gasteiger partial charge on any atom is -0.388 e. The van der Waals surface area contributed by atoms with Crippen molar-refractivity contribution in [2.24, 2.45) is 5.73 Å². The molecular formula is C11H23N3O2S2. The van der Waals surface area contributed by atoms with Crippen molar-refractivity contribution in [1.82, 2.24) is 4.90 Å². The quantitative estimate of drug-likeness (QED) is 0.561. The van der Waals surface area contributed by atoms with Gasteiger partial charge in [0.25, 0.3) is 0 Å². The third-order valence-corrected chi connectivity index (χ3v) is 6.64. The van der Waals surface area contributed by atoms with Crippen LogP contribution in [0.1, 0.15) is 26.7 Å². The molecule has 1 heterocycles. The molecule has 3 N–H and O–H groups in total. The van der Waals surface area contributed by atoms with Crippen LogP contribution in [0.5, 0.6) is 0 Å². The SMILES string of the molecule is CCC(CC(=N)N)N1CCSCC1S(=O)(=O)CC. The van der Waals surface area contributed by atoms with Gasteiger partial charge in [-0.15, -0.1) is 0 Å². The molecule has 0 bridgehead atoms. The monoisotopic (exact) mass is 293 g/mol. The second-order valence-corrected chi connectivity index (χ2v) is 8.11. The summed E-state index contributed by atoms with van der Waals surface area (Å²) in [6.45, 7) is 4.48. The highest BCUT2D eigenvalue weighted by atomic mass is 32.2. The molecule has 106 valence electrons. The summed E-state index contributed by atoms with van der Waals surface area (Å²) in [4.78, 5) is 2.04. The molecule has 2 unspecified atom stereocenters. The minimum absolute atomic E-state index is 0.0646. The first-order valence-corrected chi connectivity index (χ1v) is 9.17. The molecule has 1 aliphatic rings. The number of thioether (sulfide) groups is 1. The van der Waals surface area contributed by atoms with Crippen molar-refractivity contribution in [3.63, 3.8) is 0 Å². The van der Waals surface area contributed by atoms with Crippen LogP contribution in [0.4, 0.5) is 0 Å². The normalized spacial score (nSPS) is 23.8. The Balaban J connectivity index is 2.90. The van der Waals surface area contributed by atoms with E-state index in [-0.39, 0.29) is 17.6 Å². The van der Waals surface area contributed by atoms with E-state index in [2.05, 4.69) is 0 Å². The smallest absolute Gasteiger partial charge is 0.166 e. The van der Waals surface area contributed by atoms with Gasteiger partial charge in [-0.25, -0.2) is 8.42 Å². The average molecular weight is 293 g/mol. The van der Waals surface area contributed by atoms with Gasteiger partial charge in [-0.2, -0.15) is 11.8 Å². The van der Waals surface area contributed by atoms with Gasteiger partial charge in [-0.1, -0.05) is 13.8 Å². The fraction of sp³-hybridized carbons (Fsp3) is 0.909. The van der Waals surface area contributed by atoms with Crippen molar-refractivity contribution in [2.75, 3.05) is 23.8 Å². The molecule has 5 nitrogen and oxygen atoms in total. The average Bonchev–Trinajstić information content (AvgIpc) is 2.35. The van der Waals surface area contributed by atoms with Gasteiger partial charge >= 0.3 is 0 Å². The van der Waals surface area contributed by atoms with Crippen LogP contribution < -0.4 is 5.73 Å². The lowest BCUT2D eigenvalue weighted by Gasteiger charge is -2.39. The van der Waals surface area contributed by atoms with E-state index in [4.69, 9.17) is 11.1 Å². The molecule has 0 aromatic rings. The van der Waals surface area contributed by atoms with Crippen LogP contribution in [-0.2, 0) is 9.84 Å². The summed E-state index contributed by atoms with van der Waals surface area (Å²) < 4.78 is 24.3. The van der Waals surface area contributed by atoms with E-state index in [9.17, 15) is 8.42 Å². The summed E-state index contributed by atoms with van der Waals surface area (Å²) in [5.74, 6) is 1.88. The van der Waals surface area contributed by atoms with Gasteiger partial charge in [0, 0.05) is 36.3 Å². The molecule has 0 aromatic heterocycles. The van der Waals surface area contributed by atoms with Crippen molar-refractivity contribution >= 4 is 27.4 Å². The standard InChI is InChI=1S/C11H23N3O2S2/c1-3-9(7-10(12)13)14-5-6-17-8-11(14)18(15,16)4-2/h9,11H,3-8H2,1-2H3,(H3,12,13). The second-order valence-electron chi connectivity index (χ2n) is 4.51. The zero-order valence-corrected chi connectivity index (χ0v) is 12.7. The van der Waals surface area contributed by atoms with Crippen molar-refractivity contribution in [2.45, 2.75) is 38.1 Å². The van der Waals surface area contributed by atoms with E-state index in [1.165, 1.54) is 0 Å². The van der Waals surface area contributed by atoms with E-state index in [1.54, 1.807) is 18.7 Å². The summed E-state index contributed by atoms with van der Waals surface area (Å²) in [5.41, 5.74) is 5.46. The number of nitrogens with one attached hydrogen (secondary N) is 1. The summed E-state index contributed by atoms with van der Waals surface area (Å²) in [5, 5.41) is 7.00. The van der Waals surface area contributed by atoms with Crippen LogP contribution in [0.2, 0.25) is 0 Å². The third-order valence-electron chi connectivity index (χ3n) is 3.34. The number of nitrogens with zero attached hydrogens (tertiary/aromatic N) is 1. The molecule has 18 heavy (non-hydrogen) atoms. The van der Waals surface area contributed by atoms with Gasteiger partial charge in [0.1, 0.15) is 5.37 Å². The zero-order valence-electron chi connectivity index (χ0n) is 11.1. The molecule has 1 fully saturated rings. The summed E-state index contributed by atoms with van der Waals surface area (Å²) in [6.07, 6.45) is 1.27. The summed E-state index contributed by atoms with van der Waals surface area (Å²) in [6, 6.07) is 0.0646.